The first-order chi connectivity index (χ1) is 16.3. The highest BCUT2D eigenvalue weighted by Gasteiger charge is 2.48. The van der Waals surface area contributed by atoms with Gasteiger partial charge in [0, 0.05) is 12.2 Å². The Hall–Kier alpha value is -4.08. The van der Waals surface area contributed by atoms with E-state index in [9.17, 15) is 19.8 Å². The first-order valence-electron chi connectivity index (χ1n) is 10.3. The summed E-state index contributed by atoms with van der Waals surface area (Å²) in [6, 6.07) is 20.5. The number of hydrogen-bond acceptors (Lipinski definition) is 5. The zero-order valence-electron chi connectivity index (χ0n) is 17.9. The van der Waals surface area contributed by atoms with Gasteiger partial charge in [0.05, 0.1) is 11.0 Å². The summed E-state index contributed by atoms with van der Waals surface area (Å²) in [6.45, 7) is -0.0998. The summed E-state index contributed by atoms with van der Waals surface area (Å²) in [7, 11) is 0. The van der Waals surface area contributed by atoms with Crippen LogP contribution in [0.2, 0.25) is 0 Å². The first kappa shape index (κ1) is 23.1. The van der Waals surface area contributed by atoms with Gasteiger partial charge in [0.1, 0.15) is 6.04 Å². The van der Waals surface area contributed by atoms with E-state index < -0.39 is 23.1 Å². The van der Waals surface area contributed by atoms with Crippen LogP contribution in [-0.2, 0) is 11.3 Å². The van der Waals surface area contributed by atoms with Crippen molar-refractivity contribution in [2.45, 2.75) is 17.6 Å². The van der Waals surface area contributed by atoms with E-state index in [1.54, 1.807) is 78.9 Å². The standard InChI is InChI=1S/C24H22ClN5O4/c25-24(34,21(31)27-17-11-12-18-19(13-17)29-22(26)28-18)20(16-9-5-2-6-10-16)30(23(32)33)14-15-7-3-1-4-8-15/h1-13,20,34H,14H2,(H,27,31)(H,32,33)(H3,26,28,29). The molecule has 0 aliphatic rings. The number of anilines is 2. The van der Waals surface area contributed by atoms with Gasteiger partial charge in [0.15, 0.2) is 5.95 Å². The Labute approximate surface area is 199 Å². The lowest BCUT2D eigenvalue weighted by Gasteiger charge is -2.37. The van der Waals surface area contributed by atoms with Crippen molar-refractivity contribution in [1.82, 2.24) is 14.9 Å². The smallest absolute Gasteiger partial charge is 0.408 e. The SMILES string of the molecule is Nc1nc2ccc(NC(=O)C(O)(Cl)C(c3ccccc3)N(Cc3ccccc3)C(=O)O)cc2[nH]1. The normalized spacial score (nSPS) is 13.7. The topological polar surface area (TPSA) is 145 Å². The van der Waals surface area contributed by atoms with Crippen LogP contribution >= 0.6 is 11.6 Å². The minimum absolute atomic E-state index is 0.0998. The maximum atomic E-state index is 13.2. The predicted octanol–water partition coefficient (Wildman–Crippen LogP) is 3.93. The Morgan fingerprint density at radius 1 is 1.09 bits per heavy atom. The number of carboxylic acid groups (broad SMARTS) is 1. The molecule has 1 aromatic heterocycles. The monoisotopic (exact) mass is 479 g/mol. The van der Waals surface area contributed by atoms with E-state index >= 15 is 0 Å². The number of aromatic amines is 1. The molecule has 2 amide bonds. The van der Waals surface area contributed by atoms with E-state index in [1.807, 2.05) is 0 Å². The number of nitrogens with one attached hydrogen (secondary N) is 2. The van der Waals surface area contributed by atoms with Crippen molar-refractivity contribution in [2.75, 3.05) is 11.1 Å². The molecule has 0 saturated carbocycles. The second kappa shape index (κ2) is 9.42. The number of fused-ring (bicyclic) bond motifs is 1. The van der Waals surface area contributed by atoms with Gasteiger partial charge in [0.2, 0.25) is 5.06 Å². The molecule has 10 heteroatoms. The minimum Gasteiger partial charge on any atom is -0.465 e. The highest BCUT2D eigenvalue weighted by Crippen LogP contribution is 2.37. The average molecular weight is 480 g/mol. The maximum Gasteiger partial charge on any atom is 0.408 e. The third kappa shape index (κ3) is 4.80. The molecular weight excluding hydrogens is 458 g/mol. The molecule has 0 saturated heterocycles. The lowest BCUT2D eigenvalue weighted by Crippen LogP contribution is -2.51. The molecule has 0 fully saturated rings. The molecule has 174 valence electrons. The van der Waals surface area contributed by atoms with Gasteiger partial charge in [0.25, 0.3) is 5.91 Å². The molecule has 9 nitrogen and oxygen atoms in total. The number of rotatable bonds is 7. The highest BCUT2D eigenvalue weighted by atomic mass is 35.5. The zero-order valence-corrected chi connectivity index (χ0v) is 18.6. The quantitative estimate of drug-likeness (QED) is 0.254. The van der Waals surface area contributed by atoms with Crippen LogP contribution in [0.1, 0.15) is 17.2 Å². The Morgan fingerprint density at radius 2 is 1.74 bits per heavy atom. The van der Waals surface area contributed by atoms with Crippen molar-refractivity contribution in [3.63, 3.8) is 0 Å². The summed E-state index contributed by atoms with van der Waals surface area (Å²) in [6.07, 6.45) is -1.35. The largest absolute Gasteiger partial charge is 0.465 e. The third-order valence-electron chi connectivity index (χ3n) is 5.31. The van der Waals surface area contributed by atoms with Gasteiger partial charge in [-0.1, -0.05) is 72.3 Å². The average Bonchev–Trinajstić information content (AvgIpc) is 3.19. The molecule has 0 spiro atoms. The van der Waals surface area contributed by atoms with Crippen LogP contribution in [0.3, 0.4) is 0 Å². The van der Waals surface area contributed by atoms with E-state index in [0.29, 0.717) is 27.8 Å². The lowest BCUT2D eigenvalue weighted by atomic mass is 9.97. The fraction of sp³-hybridized carbons (Fsp3) is 0.125. The number of benzene rings is 3. The number of alkyl halides is 1. The number of carbonyl (C=O) groups excluding carboxylic acids is 1. The van der Waals surface area contributed by atoms with E-state index in [0.717, 1.165) is 4.90 Å². The van der Waals surface area contributed by atoms with Gasteiger partial charge in [-0.25, -0.2) is 9.78 Å². The molecule has 0 aliphatic heterocycles. The van der Waals surface area contributed by atoms with Gasteiger partial charge in [-0.15, -0.1) is 0 Å². The van der Waals surface area contributed by atoms with Gasteiger partial charge in [-0.3, -0.25) is 9.69 Å². The second-order valence-corrected chi connectivity index (χ2v) is 8.27. The molecule has 1 heterocycles. The first-order valence-corrected chi connectivity index (χ1v) is 10.7. The molecule has 2 unspecified atom stereocenters. The molecule has 4 rings (SSSR count). The molecule has 2 atom stereocenters. The van der Waals surface area contributed by atoms with Crippen LogP contribution < -0.4 is 11.1 Å². The summed E-state index contributed by atoms with van der Waals surface area (Å²) < 4.78 is 0. The van der Waals surface area contributed by atoms with Crippen LogP contribution in [0, 0.1) is 0 Å². The van der Waals surface area contributed by atoms with Crippen LogP contribution in [-0.4, -0.2) is 42.1 Å². The second-order valence-electron chi connectivity index (χ2n) is 7.69. The van der Waals surface area contributed by atoms with Crippen LogP contribution in [0.25, 0.3) is 11.0 Å². The summed E-state index contributed by atoms with van der Waals surface area (Å²) in [5, 5.41) is 21.2. The number of nitrogens with two attached hydrogens (primary N) is 1. The number of halogens is 1. The third-order valence-corrected chi connectivity index (χ3v) is 5.69. The van der Waals surface area contributed by atoms with Gasteiger partial charge in [-0.2, -0.15) is 0 Å². The summed E-state index contributed by atoms with van der Waals surface area (Å²) in [5.74, 6) is -0.774. The Morgan fingerprint density at radius 3 is 2.38 bits per heavy atom. The number of hydrogen-bond donors (Lipinski definition) is 5. The van der Waals surface area contributed by atoms with Crippen molar-refractivity contribution in [1.29, 1.82) is 0 Å². The van der Waals surface area contributed by atoms with Crippen molar-refractivity contribution in [3.8, 4) is 0 Å². The fourth-order valence-corrected chi connectivity index (χ4v) is 4.03. The van der Waals surface area contributed by atoms with Crippen molar-refractivity contribution in [3.05, 3.63) is 90.0 Å². The summed E-state index contributed by atoms with van der Waals surface area (Å²) in [4.78, 5) is 33.4. The van der Waals surface area contributed by atoms with Crippen LogP contribution in [0.4, 0.5) is 16.4 Å². The number of nitrogen functional groups attached to an aromatic ring is 1. The molecule has 4 aromatic rings. The summed E-state index contributed by atoms with van der Waals surface area (Å²) >= 11 is 6.46. The van der Waals surface area contributed by atoms with Crippen molar-refractivity contribution >= 4 is 46.3 Å². The van der Waals surface area contributed by atoms with Crippen LogP contribution in [0.5, 0.6) is 0 Å². The molecule has 34 heavy (non-hydrogen) atoms. The zero-order chi connectivity index (χ0) is 24.3. The van der Waals surface area contributed by atoms with E-state index in [4.69, 9.17) is 17.3 Å². The molecular formula is C24H22ClN5O4. The lowest BCUT2D eigenvalue weighted by molar-refractivity contribution is -0.131. The Balaban J connectivity index is 1.69. The molecule has 0 radical (unpaired) electrons. The number of nitrogens with zero attached hydrogens (tertiary/aromatic N) is 2. The minimum atomic E-state index is -2.64. The number of amides is 2. The van der Waals surface area contributed by atoms with E-state index in [2.05, 4.69) is 15.3 Å². The molecule has 0 aliphatic carbocycles. The highest BCUT2D eigenvalue weighted by molar-refractivity contribution is 6.35. The van der Waals surface area contributed by atoms with Crippen molar-refractivity contribution < 1.29 is 19.8 Å². The number of carbonyl (C=O) groups is 2. The van der Waals surface area contributed by atoms with Crippen molar-refractivity contribution in [2.24, 2.45) is 0 Å². The number of aromatic nitrogens is 2. The van der Waals surface area contributed by atoms with Crippen LogP contribution in [0.15, 0.2) is 78.9 Å². The van der Waals surface area contributed by atoms with Gasteiger partial charge < -0.3 is 26.2 Å². The number of H-pyrrole nitrogens is 1. The summed E-state index contributed by atoms with van der Waals surface area (Å²) in [5.41, 5.74) is 8.17. The fourth-order valence-electron chi connectivity index (χ4n) is 3.74. The Bertz CT molecular complexity index is 1310. The Kier molecular flexibility index (Phi) is 6.40. The van der Waals surface area contributed by atoms with Gasteiger partial charge in [-0.05, 0) is 29.3 Å². The predicted molar refractivity (Wildman–Crippen MR) is 129 cm³/mol. The van der Waals surface area contributed by atoms with E-state index in [1.165, 1.54) is 0 Å². The maximum absolute atomic E-state index is 13.2. The number of imidazole rings is 1. The molecule has 3 aromatic carbocycles. The van der Waals surface area contributed by atoms with E-state index in [-0.39, 0.29) is 12.5 Å². The molecule has 6 N–H and O–H groups in total. The number of aliphatic hydroxyl groups is 1. The van der Waals surface area contributed by atoms with Gasteiger partial charge >= 0.3 is 6.09 Å². The molecule has 0 bridgehead atoms.